The number of alkyl halides is 3. The van der Waals surface area contributed by atoms with Gasteiger partial charge in [0.2, 0.25) is 5.95 Å². The number of hydrogen-bond donors (Lipinski definition) is 3. The Bertz CT molecular complexity index is 1270. The molecule has 4 rings (SSSR count). The van der Waals surface area contributed by atoms with Crippen molar-refractivity contribution in [1.82, 2.24) is 19.9 Å². The maximum Gasteiger partial charge on any atom is 0.433 e. The van der Waals surface area contributed by atoms with Crippen LogP contribution in [-0.2, 0) is 6.18 Å². The number of ether oxygens (including phenoxy) is 1. The Labute approximate surface area is 178 Å². The number of H-pyrrole nitrogens is 1. The number of nitrogen functional groups attached to an aromatic ring is 1. The van der Waals surface area contributed by atoms with Crippen LogP contribution in [0.3, 0.4) is 0 Å². The molecule has 3 heterocycles. The summed E-state index contributed by atoms with van der Waals surface area (Å²) in [5.74, 6) is -3.85. The number of nitrogens with two attached hydrogens (primary N) is 1. The minimum Gasteiger partial charge on any atom is -0.450 e. The van der Waals surface area contributed by atoms with Crippen molar-refractivity contribution in [1.29, 1.82) is 0 Å². The molecule has 0 radical (unpaired) electrons. The number of anilines is 3. The number of pyridine rings is 1. The zero-order chi connectivity index (χ0) is 22.3. The maximum absolute atomic E-state index is 14.6. The molecule has 0 aliphatic rings. The first kappa shape index (κ1) is 20.8. The van der Waals surface area contributed by atoms with E-state index in [0.717, 1.165) is 12.1 Å². The lowest BCUT2D eigenvalue weighted by atomic mass is 10.2. The molecule has 0 saturated heterocycles. The molecule has 31 heavy (non-hydrogen) atoms. The Morgan fingerprint density at radius 1 is 1.10 bits per heavy atom. The van der Waals surface area contributed by atoms with Gasteiger partial charge in [0.1, 0.15) is 17.2 Å². The van der Waals surface area contributed by atoms with Crippen LogP contribution in [0.25, 0.3) is 11.0 Å². The predicted molar refractivity (Wildman–Crippen MR) is 105 cm³/mol. The van der Waals surface area contributed by atoms with Gasteiger partial charge in [-0.25, -0.2) is 18.7 Å². The van der Waals surface area contributed by atoms with E-state index < -0.39 is 41.0 Å². The molecule has 0 aliphatic heterocycles. The second kappa shape index (κ2) is 7.65. The number of nitrogens with one attached hydrogen (secondary N) is 2. The second-order valence-corrected chi connectivity index (χ2v) is 7.02. The van der Waals surface area contributed by atoms with E-state index in [-0.39, 0.29) is 11.4 Å². The molecule has 0 spiro atoms. The molecule has 1 aromatic carbocycles. The lowest BCUT2D eigenvalue weighted by Crippen LogP contribution is -2.12. The van der Waals surface area contributed by atoms with Crippen molar-refractivity contribution in [2.45, 2.75) is 6.18 Å². The van der Waals surface area contributed by atoms with Gasteiger partial charge >= 0.3 is 6.18 Å². The second-order valence-electron chi connectivity index (χ2n) is 6.16. The molecular formula is C18H10BrF5N6O. The fourth-order valence-corrected chi connectivity index (χ4v) is 3.21. The van der Waals surface area contributed by atoms with Gasteiger partial charge in [0.05, 0.1) is 5.39 Å². The van der Waals surface area contributed by atoms with Crippen LogP contribution in [0.2, 0.25) is 0 Å². The van der Waals surface area contributed by atoms with Crippen LogP contribution in [0.1, 0.15) is 5.69 Å². The summed E-state index contributed by atoms with van der Waals surface area (Å²) in [4.78, 5) is 13.8. The molecule has 0 atom stereocenters. The SMILES string of the molecule is Nc1cc(C(F)(F)F)nc(Nc2cc(F)c(Oc3ccnc4[nH]cc(Br)c34)c(F)c2)n1. The third-order valence-electron chi connectivity index (χ3n) is 3.99. The summed E-state index contributed by atoms with van der Waals surface area (Å²) in [6, 6.07) is 3.61. The van der Waals surface area contributed by atoms with Gasteiger partial charge in [0, 0.05) is 40.8 Å². The number of hydrogen-bond acceptors (Lipinski definition) is 6. The third kappa shape index (κ3) is 4.21. The van der Waals surface area contributed by atoms with E-state index in [0.29, 0.717) is 21.6 Å². The fraction of sp³-hybridized carbons (Fsp3) is 0.0556. The minimum absolute atomic E-state index is 0.130. The largest absolute Gasteiger partial charge is 0.450 e. The van der Waals surface area contributed by atoms with Crippen molar-refractivity contribution in [2.75, 3.05) is 11.1 Å². The quantitative estimate of drug-likeness (QED) is 0.318. The molecular weight excluding hydrogens is 491 g/mol. The molecule has 13 heteroatoms. The summed E-state index contributed by atoms with van der Waals surface area (Å²) in [5, 5.41) is 2.77. The molecule has 7 nitrogen and oxygen atoms in total. The Morgan fingerprint density at radius 3 is 2.48 bits per heavy atom. The Balaban J connectivity index is 1.65. The first-order valence-corrected chi connectivity index (χ1v) is 9.18. The highest BCUT2D eigenvalue weighted by Crippen LogP contribution is 2.37. The Morgan fingerprint density at radius 2 is 1.81 bits per heavy atom. The average molecular weight is 501 g/mol. The van der Waals surface area contributed by atoms with Gasteiger partial charge in [-0.3, -0.25) is 0 Å². The average Bonchev–Trinajstić information content (AvgIpc) is 3.05. The monoisotopic (exact) mass is 500 g/mol. The van der Waals surface area contributed by atoms with E-state index in [9.17, 15) is 22.0 Å². The topological polar surface area (TPSA) is 102 Å². The Hall–Kier alpha value is -3.48. The third-order valence-corrected chi connectivity index (χ3v) is 4.62. The van der Waals surface area contributed by atoms with E-state index in [4.69, 9.17) is 10.5 Å². The Kier molecular flexibility index (Phi) is 5.13. The van der Waals surface area contributed by atoms with Crippen LogP contribution >= 0.6 is 15.9 Å². The summed E-state index contributed by atoms with van der Waals surface area (Å²) in [6.45, 7) is 0. The summed E-state index contributed by atoms with van der Waals surface area (Å²) >= 11 is 3.29. The molecule has 0 bridgehead atoms. The van der Waals surface area contributed by atoms with Crippen LogP contribution in [-0.4, -0.2) is 19.9 Å². The lowest BCUT2D eigenvalue weighted by Gasteiger charge is -2.13. The van der Waals surface area contributed by atoms with Crippen LogP contribution in [0.15, 0.2) is 41.1 Å². The van der Waals surface area contributed by atoms with Gasteiger partial charge in [-0.2, -0.15) is 18.2 Å². The number of aromatic nitrogens is 4. The number of rotatable bonds is 4. The van der Waals surface area contributed by atoms with E-state index >= 15 is 0 Å². The van der Waals surface area contributed by atoms with Crippen molar-refractivity contribution < 1.29 is 26.7 Å². The number of nitrogens with zero attached hydrogens (tertiary/aromatic N) is 3. The van der Waals surface area contributed by atoms with Gasteiger partial charge in [-0.1, -0.05) is 0 Å². The predicted octanol–water partition coefficient (Wildman–Crippen LogP) is 5.53. The van der Waals surface area contributed by atoms with Gasteiger partial charge < -0.3 is 20.8 Å². The van der Waals surface area contributed by atoms with Crippen molar-refractivity contribution in [3.05, 3.63) is 58.5 Å². The first-order valence-electron chi connectivity index (χ1n) is 8.39. The summed E-state index contributed by atoms with van der Waals surface area (Å²) in [5.41, 5.74) is 4.24. The molecule has 0 fully saturated rings. The zero-order valence-electron chi connectivity index (χ0n) is 15.1. The number of benzene rings is 1. The van der Waals surface area contributed by atoms with Crippen molar-refractivity contribution in [3.63, 3.8) is 0 Å². The minimum atomic E-state index is -4.77. The molecule has 0 aliphatic carbocycles. The molecule has 0 unspecified atom stereocenters. The van der Waals surface area contributed by atoms with E-state index in [1.807, 2.05) is 0 Å². The van der Waals surface area contributed by atoms with E-state index in [1.165, 1.54) is 12.3 Å². The zero-order valence-corrected chi connectivity index (χ0v) is 16.6. The van der Waals surface area contributed by atoms with E-state index in [1.54, 1.807) is 6.20 Å². The summed E-state index contributed by atoms with van der Waals surface area (Å²) in [7, 11) is 0. The summed E-state index contributed by atoms with van der Waals surface area (Å²) in [6.07, 6.45) is -1.79. The highest BCUT2D eigenvalue weighted by molar-refractivity contribution is 9.10. The smallest absolute Gasteiger partial charge is 0.433 e. The highest BCUT2D eigenvalue weighted by atomic mass is 79.9. The van der Waals surface area contributed by atoms with Gasteiger partial charge in [0.15, 0.2) is 23.1 Å². The van der Waals surface area contributed by atoms with Crippen LogP contribution in [0.5, 0.6) is 11.5 Å². The highest BCUT2D eigenvalue weighted by Gasteiger charge is 2.33. The lowest BCUT2D eigenvalue weighted by molar-refractivity contribution is -0.141. The molecule has 4 aromatic rings. The number of aromatic amines is 1. The van der Waals surface area contributed by atoms with Crippen LogP contribution in [0, 0.1) is 11.6 Å². The van der Waals surface area contributed by atoms with Crippen LogP contribution in [0.4, 0.5) is 39.4 Å². The normalized spacial score (nSPS) is 11.7. The van der Waals surface area contributed by atoms with Crippen LogP contribution < -0.4 is 15.8 Å². The van der Waals surface area contributed by atoms with Gasteiger partial charge in [-0.15, -0.1) is 0 Å². The molecule has 4 N–H and O–H groups in total. The molecule has 0 saturated carbocycles. The molecule has 160 valence electrons. The standard InChI is InChI=1S/C18H10BrF5N6O/c19-8-6-27-16-14(8)11(1-2-26-16)31-15-9(20)3-7(4-10(15)21)28-17-29-12(18(22,23)24)5-13(25)30-17/h1-6H,(H,26,27)(H3,25,28,29,30). The van der Waals surface area contributed by atoms with Crippen molar-refractivity contribution in [2.24, 2.45) is 0 Å². The molecule has 0 amide bonds. The number of halogens is 6. The van der Waals surface area contributed by atoms with Gasteiger partial charge in [0.25, 0.3) is 0 Å². The summed E-state index contributed by atoms with van der Waals surface area (Å²) < 4.78 is 73.8. The van der Waals surface area contributed by atoms with Gasteiger partial charge in [-0.05, 0) is 22.0 Å². The maximum atomic E-state index is 14.6. The van der Waals surface area contributed by atoms with Crippen molar-refractivity contribution in [3.8, 4) is 11.5 Å². The van der Waals surface area contributed by atoms with Crippen molar-refractivity contribution >= 4 is 44.4 Å². The number of fused-ring (bicyclic) bond motifs is 1. The molecule has 3 aromatic heterocycles. The first-order chi connectivity index (χ1) is 14.6. The van der Waals surface area contributed by atoms with E-state index in [2.05, 4.69) is 41.2 Å². The fourth-order valence-electron chi connectivity index (χ4n) is 2.71.